The van der Waals surface area contributed by atoms with E-state index in [1.54, 1.807) is 13.2 Å². The molecule has 0 saturated heterocycles. The Labute approximate surface area is 151 Å². The second kappa shape index (κ2) is 10.0. The van der Waals surface area contributed by atoms with Gasteiger partial charge in [0, 0.05) is 25.2 Å². The molecule has 0 aliphatic heterocycles. The van der Waals surface area contributed by atoms with Crippen molar-refractivity contribution in [2.45, 2.75) is 13.0 Å². The topological polar surface area (TPSA) is 79.5 Å². The molecule has 2 aromatic carbocycles. The zero-order chi connectivity index (χ0) is 18.8. The van der Waals surface area contributed by atoms with Crippen LogP contribution in [0.15, 0.2) is 48.5 Å². The number of hydrogen-bond donors (Lipinski definition) is 3. The highest BCUT2D eigenvalue weighted by atomic mass is 19.1. The molecule has 3 amide bonds. The molecule has 0 heterocycles. The Balaban J connectivity index is 1.63. The third-order valence-electron chi connectivity index (χ3n) is 3.68. The highest BCUT2D eigenvalue weighted by Crippen LogP contribution is 2.16. The second-order valence-electron chi connectivity index (χ2n) is 5.51. The summed E-state index contributed by atoms with van der Waals surface area (Å²) < 4.78 is 18.7. The first-order valence-corrected chi connectivity index (χ1v) is 8.28. The summed E-state index contributed by atoms with van der Waals surface area (Å²) in [6.45, 7) is 1.06. The molecule has 7 heteroatoms. The third kappa shape index (κ3) is 5.77. The Bertz CT molecular complexity index is 752. The van der Waals surface area contributed by atoms with Gasteiger partial charge >= 0.3 is 6.03 Å². The summed E-state index contributed by atoms with van der Waals surface area (Å²) in [7, 11) is 1.58. The summed E-state index contributed by atoms with van der Waals surface area (Å²) in [4.78, 5) is 23.6. The van der Waals surface area contributed by atoms with Gasteiger partial charge in [-0.3, -0.25) is 4.79 Å². The van der Waals surface area contributed by atoms with Crippen LogP contribution in [0.25, 0.3) is 0 Å². The number of hydrogen-bond acceptors (Lipinski definition) is 3. The molecule has 3 N–H and O–H groups in total. The molecule has 0 bridgehead atoms. The van der Waals surface area contributed by atoms with Gasteiger partial charge in [0.2, 0.25) is 0 Å². The second-order valence-corrected chi connectivity index (χ2v) is 5.51. The predicted octanol–water partition coefficient (Wildman–Crippen LogP) is 2.45. The third-order valence-corrected chi connectivity index (χ3v) is 3.68. The van der Waals surface area contributed by atoms with Gasteiger partial charge in [0.05, 0.1) is 12.7 Å². The average molecular weight is 359 g/mol. The number of carbonyl (C=O) groups excluding carboxylic acids is 2. The maximum Gasteiger partial charge on any atom is 0.315 e. The lowest BCUT2D eigenvalue weighted by Crippen LogP contribution is -2.37. The van der Waals surface area contributed by atoms with Crippen LogP contribution in [0.2, 0.25) is 0 Å². The molecule has 6 nitrogen and oxygen atoms in total. The molecule has 2 aromatic rings. The largest absolute Gasteiger partial charge is 0.496 e. The first kappa shape index (κ1) is 19.2. The maximum atomic E-state index is 13.5. The summed E-state index contributed by atoms with van der Waals surface area (Å²) in [5, 5.41) is 8.06. The number of urea groups is 1. The van der Waals surface area contributed by atoms with Gasteiger partial charge in [0.1, 0.15) is 11.6 Å². The molecule has 26 heavy (non-hydrogen) atoms. The standard InChI is InChI=1S/C19H22FN3O3/c1-26-17-10-5-2-7-14(17)13-23-19(25)22-12-6-11-21-18(24)15-8-3-4-9-16(15)20/h2-5,7-10H,6,11-13H2,1H3,(H,21,24)(H2,22,23,25). The average Bonchev–Trinajstić information content (AvgIpc) is 2.66. The van der Waals surface area contributed by atoms with Gasteiger partial charge in [-0.05, 0) is 24.6 Å². The van der Waals surface area contributed by atoms with E-state index in [1.165, 1.54) is 18.2 Å². The lowest BCUT2D eigenvalue weighted by Gasteiger charge is -2.11. The van der Waals surface area contributed by atoms with Crippen LogP contribution in [-0.4, -0.2) is 32.1 Å². The van der Waals surface area contributed by atoms with Gasteiger partial charge in [-0.2, -0.15) is 0 Å². The lowest BCUT2D eigenvalue weighted by molar-refractivity contribution is 0.0949. The van der Waals surface area contributed by atoms with Crippen molar-refractivity contribution in [3.05, 3.63) is 65.5 Å². The van der Waals surface area contributed by atoms with Gasteiger partial charge in [-0.15, -0.1) is 0 Å². The van der Waals surface area contributed by atoms with Crippen LogP contribution in [0.4, 0.5) is 9.18 Å². The molecule has 0 aromatic heterocycles. The Morgan fingerprint density at radius 2 is 1.65 bits per heavy atom. The number of carbonyl (C=O) groups is 2. The normalized spacial score (nSPS) is 10.1. The van der Waals surface area contributed by atoms with Crippen LogP contribution in [0, 0.1) is 5.82 Å². The van der Waals surface area contributed by atoms with E-state index in [0.717, 1.165) is 5.56 Å². The molecule has 0 atom stereocenters. The van der Waals surface area contributed by atoms with Crippen LogP contribution in [-0.2, 0) is 6.54 Å². The van der Waals surface area contributed by atoms with Gasteiger partial charge in [0.15, 0.2) is 0 Å². The summed E-state index contributed by atoms with van der Waals surface area (Å²) in [5.74, 6) is -0.314. The quantitative estimate of drug-likeness (QED) is 0.634. The number of ether oxygens (including phenoxy) is 1. The number of para-hydroxylation sites is 1. The minimum Gasteiger partial charge on any atom is -0.496 e. The van der Waals surface area contributed by atoms with Crippen molar-refractivity contribution >= 4 is 11.9 Å². The van der Waals surface area contributed by atoms with E-state index in [1.807, 2.05) is 24.3 Å². The Kier molecular flexibility index (Phi) is 7.42. The molecule has 0 unspecified atom stereocenters. The van der Waals surface area contributed by atoms with Crippen molar-refractivity contribution in [3.63, 3.8) is 0 Å². The van der Waals surface area contributed by atoms with Gasteiger partial charge in [0.25, 0.3) is 5.91 Å². The Morgan fingerprint density at radius 3 is 2.42 bits per heavy atom. The fourth-order valence-corrected chi connectivity index (χ4v) is 2.32. The molecule has 0 radical (unpaired) electrons. The number of methoxy groups -OCH3 is 1. The minimum absolute atomic E-state index is 0.00927. The van der Waals surface area contributed by atoms with Crippen molar-refractivity contribution < 1.29 is 18.7 Å². The summed E-state index contributed by atoms with van der Waals surface area (Å²) in [6, 6.07) is 12.9. The molecular formula is C19H22FN3O3. The number of halogens is 1. The molecule has 0 fully saturated rings. The van der Waals surface area contributed by atoms with Crippen LogP contribution in [0.3, 0.4) is 0 Å². The van der Waals surface area contributed by atoms with Crippen LogP contribution in [0.1, 0.15) is 22.3 Å². The zero-order valence-corrected chi connectivity index (χ0v) is 14.5. The van der Waals surface area contributed by atoms with E-state index in [-0.39, 0.29) is 11.6 Å². The molecule has 0 aliphatic rings. The maximum absolute atomic E-state index is 13.5. The Hall–Kier alpha value is -3.09. The SMILES string of the molecule is COc1ccccc1CNC(=O)NCCCNC(=O)c1ccccc1F. The molecule has 0 aliphatic carbocycles. The van der Waals surface area contributed by atoms with E-state index < -0.39 is 11.7 Å². The molecular weight excluding hydrogens is 337 g/mol. The van der Waals surface area contributed by atoms with E-state index in [2.05, 4.69) is 16.0 Å². The Morgan fingerprint density at radius 1 is 0.962 bits per heavy atom. The summed E-state index contributed by atoms with van der Waals surface area (Å²) >= 11 is 0. The van der Waals surface area contributed by atoms with E-state index in [9.17, 15) is 14.0 Å². The van der Waals surface area contributed by atoms with E-state index in [0.29, 0.717) is 31.8 Å². The van der Waals surface area contributed by atoms with E-state index in [4.69, 9.17) is 4.74 Å². The number of benzene rings is 2. The van der Waals surface area contributed by atoms with Crippen LogP contribution < -0.4 is 20.7 Å². The van der Waals surface area contributed by atoms with Crippen molar-refractivity contribution in [3.8, 4) is 5.75 Å². The fraction of sp³-hybridized carbons (Fsp3) is 0.263. The van der Waals surface area contributed by atoms with Crippen molar-refractivity contribution in [1.29, 1.82) is 0 Å². The molecule has 0 saturated carbocycles. The van der Waals surface area contributed by atoms with Gasteiger partial charge in [-0.1, -0.05) is 30.3 Å². The summed E-state index contributed by atoms with van der Waals surface area (Å²) in [6.07, 6.45) is 0.530. The molecule has 0 spiro atoms. The van der Waals surface area contributed by atoms with Gasteiger partial charge in [-0.25, -0.2) is 9.18 Å². The smallest absolute Gasteiger partial charge is 0.315 e. The predicted molar refractivity (Wildman–Crippen MR) is 96.6 cm³/mol. The number of amides is 3. The zero-order valence-electron chi connectivity index (χ0n) is 14.5. The van der Waals surface area contributed by atoms with Crippen molar-refractivity contribution in [2.24, 2.45) is 0 Å². The van der Waals surface area contributed by atoms with Crippen molar-refractivity contribution in [2.75, 3.05) is 20.2 Å². The number of rotatable bonds is 8. The molecule has 138 valence electrons. The lowest BCUT2D eigenvalue weighted by atomic mass is 10.2. The summed E-state index contributed by atoms with van der Waals surface area (Å²) in [5.41, 5.74) is 0.886. The monoisotopic (exact) mass is 359 g/mol. The van der Waals surface area contributed by atoms with Crippen LogP contribution in [0.5, 0.6) is 5.75 Å². The van der Waals surface area contributed by atoms with E-state index >= 15 is 0 Å². The molecule has 2 rings (SSSR count). The first-order valence-electron chi connectivity index (χ1n) is 8.28. The highest BCUT2D eigenvalue weighted by molar-refractivity contribution is 5.94. The van der Waals surface area contributed by atoms with Crippen LogP contribution >= 0.6 is 0 Å². The highest BCUT2D eigenvalue weighted by Gasteiger charge is 2.09. The fourth-order valence-electron chi connectivity index (χ4n) is 2.32. The van der Waals surface area contributed by atoms with Crippen molar-refractivity contribution in [1.82, 2.24) is 16.0 Å². The van der Waals surface area contributed by atoms with Gasteiger partial charge < -0.3 is 20.7 Å². The number of nitrogens with one attached hydrogen (secondary N) is 3. The first-order chi connectivity index (χ1) is 12.6. The minimum atomic E-state index is -0.557.